The summed E-state index contributed by atoms with van der Waals surface area (Å²) in [4.78, 5) is 25.6. The number of amides is 1. The molecule has 3 aromatic rings. The third kappa shape index (κ3) is 3.53. The molecule has 1 fully saturated rings. The van der Waals surface area contributed by atoms with E-state index in [4.69, 9.17) is 4.52 Å². The SMILES string of the molecule is Cc1noc(C)c1CC(=O)N1CCN(c2ncnc3ccc(Br)cc23)CC1. The van der Waals surface area contributed by atoms with Gasteiger partial charge in [0.25, 0.3) is 0 Å². The van der Waals surface area contributed by atoms with E-state index in [2.05, 4.69) is 36.0 Å². The lowest BCUT2D eigenvalue weighted by Crippen LogP contribution is -2.49. The standard InChI is InChI=1S/C19H20BrN5O2/c1-12-15(13(2)27-23-12)10-18(26)24-5-7-25(8-6-24)19-16-9-14(20)3-4-17(16)21-11-22-19/h3-4,9,11H,5-8,10H2,1-2H3. The van der Waals surface area contributed by atoms with Gasteiger partial charge < -0.3 is 14.3 Å². The Balaban J connectivity index is 1.46. The number of piperazine rings is 1. The molecular weight excluding hydrogens is 410 g/mol. The first kappa shape index (κ1) is 17.9. The second-order valence-corrected chi connectivity index (χ2v) is 7.62. The van der Waals surface area contributed by atoms with Crippen molar-refractivity contribution < 1.29 is 9.32 Å². The predicted molar refractivity (Wildman–Crippen MR) is 106 cm³/mol. The highest BCUT2D eigenvalue weighted by atomic mass is 79.9. The highest BCUT2D eigenvalue weighted by Gasteiger charge is 2.24. The number of aryl methyl sites for hydroxylation is 2. The lowest BCUT2D eigenvalue weighted by atomic mass is 10.1. The molecule has 0 unspecified atom stereocenters. The Morgan fingerprint density at radius 3 is 2.67 bits per heavy atom. The number of fused-ring (bicyclic) bond motifs is 1. The first-order valence-electron chi connectivity index (χ1n) is 8.87. The van der Waals surface area contributed by atoms with Crippen molar-refractivity contribution >= 4 is 38.6 Å². The zero-order valence-electron chi connectivity index (χ0n) is 15.3. The van der Waals surface area contributed by atoms with E-state index in [0.717, 1.165) is 51.3 Å². The minimum absolute atomic E-state index is 0.111. The van der Waals surface area contributed by atoms with Gasteiger partial charge in [-0.2, -0.15) is 0 Å². The molecule has 0 spiro atoms. The summed E-state index contributed by atoms with van der Waals surface area (Å²) in [5.74, 6) is 1.75. The number of halogens is 1. The van der Waals surface area contributed by atoms with E-state index in [9.17, 15) is 4.79 Å². The molecule has 3 heterocycles. The van der Waals surface area contributed by atoms with Gasteiger partial charge in [0.1, 0.15) is 17.9 Å². The maximum absolute atomic E-state index is 12.7. The van der Waals surface area contributed by atoms with E-state index in [0.29, 0.717) is 19.5 Å². The van der Waals surface area contributed by atoms with E-state index in [1.807, 2.05) is 36.9 Å². The summed E-state index contributed by atoms with van der Waals surface area (Å²) in [6, 6.07) is 6.00. The van der Waals surface area contributed by atoms with Crippen molar-refractivity contribution in [1.82, 2.24) is 20.0 Å². The molecule has 0 bridgehead atoms. The summed E-state index contributed by atoms with van der Waals surface area (Å²) >= 11 is 3.52. The molecule has 7 nitrogen and oxygen atoms in total. The van der Waals surface area contributed by atoms with Crippen LogP contribution in [0.25, 0.3) is 10.9 Å². The maximum atomic E-state index is 12.7. The maximum Gasteiger partial charge on any atom is 0.227 e. The van der Waals surface area contributed by atoms with Crippen LogP contribution in [0.1, 0.15) is 17.0 Å². The highest BCUT2D eigenvalue weighted by molar-refractivity contribution is 9.10. The van der Waals surface area contributed by atoms with Crippen LogP contribution in [-0.2, 0) is 11.2 Å². The molecule has 0 aliphatic carbocycles. The Bertz CT molecular complexity index is 975. The Labute approximate surface area is 165 Å². The lowest BCUT2D eigenvalue weighted by Gasteiger charge is -2.35. The normalized spacial score (nSPS) is 14.8. The van der Waals surface area contributed by atoms with Gasteiger partial charge in [-0.15, -0.1) is 0 Å². The molecule has 8 heteroatoms. The van der Waals surface area contributed by atoms with E-state index >= 15 is 0 Å². The summed E-state index contributed by atoms with van der Waals surface area (Å²) < 4.78 is 6.16. The summed E-state index contributed by atoms with van der Waals surface area (Å²) in [7, 11) is 0. The number of rotatable bonds is 3. The molecule has 0 N–H and O–H groups in total. The van der Waals surface area contributed by atoms with Crippen molar-refractivity contribution in [3.8, 4) is 0 Å². The molecule has 27 heavy (non-hydrogen) atoms. The second kappa shape index (κ2) is 7.26. The molecular formula is C19H20BrN5O2. The van der Waals surface area contributed by atoms with Gasteiger partial charge in [-0.1, -0.05) is 21.1 Å². The van der Waals surface area contributed by atoms with Crippen molar-refractivity contribution in [2.24, 2.45) is 0 Å². The van der Waals surface area contributed by atoms with Gasteiger partial charge in [0.15, 0.2) is 0 Å². The smallest absolute Gasteiger partial charge is 0.227 e. The summed E-state index contributed by atoms with van der Waals surface area (Å²) in [6.45, 7) is 6.54. The van der Waals surface area contributed by atoms with Gasteiger partial charge in [0, 0.05) is 41.6 Å². The van der Waals surface area contributed by atoms with Crippen LogP contribution >= 0.6 is 15.9 Å². The minimum Gasteiger partial charge on any atom is -0.361 e. The van der Waals surface area contributed by atoms with Crippen molar-refractivity contribution in [1.29, 1.82) is 0 Å². The molecule has 0 saturated carbocycles. The lowest BCUT2D eigenvalue weighted by molar-refractivity contribution is -0.130. The van der Waals surface area contributed by atoms with Gasteiger partial charge in [0.05, 0.1) is 17.6 Å². The summed E-state index contributed by atoms with van der Waals surface area (Å²) in [5.41, 5.74) is 2.60. The van der Waals surface area contributed by atoms with Crippen molar-refractivity contribution in [3.05, 3.63) is 46.0 Å². The van der Waals surface area contributed by atoms with Gasteiger partial charge in [-0.25, -0.2) is 9.97 Å². The number of carbonyl (C=O) groups is 1. The molecule has 4 rings (SSSR count). The Kier molecular flexibility index (Phi) is 4.82. The molecule has 1 saturated heterocycles. The summed E-state index contributed by atoms with van der Waals surface area (Å²) in [5, 5.41) is 4.95. The molecule has 1 aliphatic rings. The number of benzene rings is 1. The fourth-order valence-corrected chi connectivity index (χ4v) is 3.81. The van der Waals surface area contributed by atoms with Gasteiger partial charge in [-0.3, -0.25) is 4.79 Å². The first-order valence-corrected chi connectivity index (χ1v) is 9.67. The number of hydrogen-bond acceptors (Lipinski definition) is 6. The molecule has 1 aliphatic heterocycles. The summed E-state index contributed by atoms with van der Waals surface area (Å²) in [6.07, 6.45) is 1.94. The van der Waals surface area contributed by atoms with Crippen LogP contribution in [0, 0.1) is 13.8 Å². The number of hydrogen-bond donors (Lipinski definition) is 0. The molecule has 1 aromatic carbocycles. The molecule has 0 atom stereocenters. The quantitative estimate of drug-likeness (QED) is 0.636. The van der Waals surface area contributed by atoms with E-state index in [-0.39, 0.29) is 5.91 Å². The van der Waals surface area contributed by atoms with E-state index in [1.54, 1.807) is 6.33 Å². The Hall–Kier alpha value is -2.48. The third-order valence-electron chi connectivity index (χ3n) is 5.02. The van der Waals surface area contributed by atoms with E-state index < -0.39 is 0 Å². The zero-order valence-corrected chi connectivity index (χ0v) is 16.9. The largest absolute Gasteiger partial charge is 0.361 e. The van der Waals surface area contributed by atoms with Gasteiger partial charge >= 0.3 is 0 Å². The fraction of sp³-hybridized carbons (Fsp3) is 0.368. The molecule has 1 amide bonds. The molecule has 140 valence electrons. The topological polar surface area (TPSA) is 75.4 Å². The van der Waals surface area contributed by atoms with Crippen molar-refractivity contribution in [2.45, 2.75) is 20.3 Å². The van der Waals surface area contributed by atoms with Gasteiger partial charge in [0.2, 0.25) is 5.91 Å². The monoisotopic (exact) mass is 429 g/mol. The van der Waals surface area contributed by atoms with Crippen LogP contribution < -0.4 is 4.90 Å². The number of aromatic nitrogens is 3. The van der Waals surface area contributed by atoms with Crippen molar-refractivity contribution in [3.63, 3.8) is 0 Å². The number of anilines is 1. The Morgan fingerprint density at radius 2 is 1.96 bits per heavy atom. The Morgan fingerprint density at radius 1 is 1.19 bits per heavy atom. The van der Waals surface area contributed by atoms with Crippen LogP contribution in [0.2, 0.25) is 0 Å². The van der Waals surface area contributed by atoms with Gasteiger partial charge in [-0.05, 0) is 32.0 Å². The minimum atomic E-state index is 0.111. The fourth-order valence-electron chi connectivity index (χ4n) is 3.45. The average molecular weight is 430 g/mol. The third-order valence-corrected chi connectivity index (χ3v) is 5.51. The molecule has 0 radical (unpaired) electrons. The average Bonchev–Trinajstić information content (AvgIpc) is 2.99. The van der Waals surface area contributed by atoms with Crippen LogP contribution in [0.4, 0.5) is 5.82 Å². The molecule has 2 aromatic heterocycles. The first-order chi connectivity index (χ1) is 13.0. The zero-order chi connectivity index (χ0) is 19.0. The van der Waals surface area contributed by atoms with Crippen LogP contribution in [-0.4, -0.2) is 52.1 Å². The van der Waals surface area contributed by atoms with Crippen LogP contribution in [0.5, 0.6) is 0 Å². The van der Waals surface area contributed by atoms with Crippen LogP contribution in [0.3, 0.4) is 0 Å². The number of nitrogens with zero attached hydrogens (tertiary/aromatic N) is 5. The van der Waals surface area contributed by atoms with Crippen molar-refractivity contribution in [2.75, 3.05) is 31.1 Å². The van der Waals surface area contributed by atoms with E-state index in [1.165, 1.54) is 0 Å². The highest BCUT2D eigenvalue weighted by Crippen LogP contribution is 2.27. The van der Waals surface area contributed by atoms with Crippen LogP contribution in [0.15, 0.2) is 33.5 Å². The second-order valence-electron chi connectivity index (χ2n) is 6.71. The number of carbonyl (C=O) groups excluding carboxylic acids is 1. The predicted octanol–water partition coefficient (Wildman–Crippen LogP) is 2.89.